The molecule has 3 rings (SSSR count). The SMILES string of the molecule is CCc1ccc(C2([C@H](C)NC(=O)c3nccc(OC)c3O)N=CON2)cc1. The van der Waals surface area contributed by atoms with Crippen LogP contribution in [0.1, 0.15) is 35.5 Å². The van der Waals surface area contributed by atoms with Gasteiger partial charge in [0.25, 0.3) is 5.91 Å². The number of hydrogen-bond donors (Lipinski definition) is 3. The van der Waals surface area contributed by atoms with Crippen molar-refractivity contribution in [3.63, 3.8) is 0 Å². The van der Waals surface area contributed by atoms with Crippen molar-refractivity contribution >= 4 is 12.3 Å². The Kier molecular flexibility index (Phi) is 5.27. The van der Waals surface area contributed by atoms with Crippen molar-refractivity contribution < 1.29 is 19.5 Å². The van der Waals surface area contributed by atoms with Gasteiger partial charge in [-0.15, -0.1) is 5.48 Å². The van der Waals surface area contributed by atoms with Crippen LogP contribution in [-0.4, -0.2) is 35.5 Å². The molecule has 0 aliphatic carbocycles. The van der Waals surface area contributed by atoms with Gasteiger partial charge >= 0.3 is 0 Å². The number of aliphatic imine (C=N–C) groups is 1. The van der Waals surface area contributed by atoms with Crippen molar-refractivity contribution in [2.75, 3.05) is 7.11 Å². The molecule has 0 bridgehead atoms. The number of aromatic nitrogens is 1. The Morgan fingerprint density at radius 1 is 1.37 bits per heavy atom. The van der Waals surface area contributed by atoms with Crippen LogP contribution in [0.2, 0.25) is 0 Å². The van der Waals surface area contributed by atoms with Gasteiger partial charge < -0.3 is 20.0 Å². The summed E-state index contributed by atoms with van der Waals surface area (Å²) in [6.45, 7) is 3.87. The molecule has 8 heteroatoms. The summed E-state index contributed by atoms with van der Waals surface area (Å²) in [5.74, 6) is -0.689. The van der Waals surface area contributed by atoms with Gasteiger partial charge in [0.05, 0.1) is 13.2 Å². The molecule has 1 aliphatic heterocycles. The second-order valence-electron chi connectivity index (χ2n) is 6.18. The fourth-order valence-corrected chi connectivity index (χ4v) is 2.97. The van der Waals surface area contributed by atoms with Gasteiger partial charge in [-0.3, -0.25) is 4.79 Å². The highest BCUT2D eigenvalue weighted by Crippen LogP contribution is 2.31. The summed E-state index contributed by atoms with van der Waals surface area (Å²) in [4.78, 5) is 26.2. The first kappa shape index (κ1) is 18.7. The van der Waals surface area contributed by atoms with Gasteiger partial charge in [0.2, 0.25) is 0 Å². The summed E-state index contributed by atoms with van der Waals surface area (Å²) < 4.78 is 5.03. The number of carbonyl (C=O) groups excluding carboxylic acids is 1. The topological polar surface area (TPSA) is 105 Å². The van der Waals surface area contributed by atoms with Crippen LogP contribution in [0.5, 0.6) is 11.5 Å². The molecule has 1 aliphatic rings. The van der Waals surface area contributed by atoms with Gasteiger partial charge in [0.1, 0.15) is 0 Å². The van der Waals surface area contributed by atoms with E-state index in [1.165, 1.54) is 31.3 Å². The van der Waals surface area contributed by atoms with Crippen LogP contribution in [0.25, 0.3) is 0 Å². The van der Waals surface area contributed by atoms with E-state index in [2.05, 4.69) is 27.7 Å². The number of hydrogen-bond acceptors (Lipinski definition) is 7. The van der Waals surface area contributed by atoms with E-state index in [1.54, 1.807) is 6.92 Å². The minimum Gasteiger partial charge on any atom is -0.503 e. The van der Waals surface area contributed by atoms with Crippen molar-refractivity contribution in [3.05, 3.63) is 53.3 Å². The van der Waals surface area contributed by atoms with Gasteiger partial charge in [-0.25, -0.2) is 9.98 Å². The Morgan fingerprint density at radius 2 is 2.11 bits per heavy atom. The quantitative estimate of drug-likeness (QED) is 0.717. The van der Waals surface area contributed by atoms with E-state index < -0.39 is 17.6 Å². The molecular weight excluding hydrogens is 348 g/mol. The van der Waals surface area contributed by atoms with Crippen LogP contribution in [0.3, 0.4) is 0 Å². The third kappa shape index (κ3) is 3.43. The number of pyridine rings is 1. The number of ether oxygens (including phenoxy) is 1. The summed E-state index contributed by atoms with van der Waals surface area (Å²) in [7, 11) is 1.41. The minimum absolute atomic E-state index is 0.124. The first-order valence-corrected chi connectivity index (χ1v) is 8.60. The molecule has 2 atom stereocenters. The van der Waals surface area contributed by atoms with Crippen molar-refractivity contribution in [2.24, 2.45) is 4.99 Å². The lowest BCUT2D eigenvalue weighted by atomic mass is 9.92. The molecular formula is C19H22N4O4. The molecule has 0 radical (unpaired) electrons. The summed E-state index contributed by atoms with van der Waals surface area (Å²) in [5.41, 5.74) is 3.79. The summed E-state index contributed by atoms with van der Waals surface area (Å²) in [5, 5.41) is 13.0. The maximum absolute atomic E-state index is 12.7. The van der Waals surface area contributed by atoms with Crippen LogP contribution in [0, 0.1) is 0 Å². The summed E-state index contributed by atoms with van der Waals surface area (Å²) in [6.07, 6.45) is 3.62. The molecule has 1 aromatic heterocycles. The molecule has 2 heterocycles. The second-order valence-corrected chi connectivity index (χ2v) is 6.18. The summed E-state index contributed by atoms with van der Waals surface area (Å²) >= 11 is 0. The van der Waals surface area contributed by atoms with Gasteiger partial charge in [-0.1, -0.05) is 31.2 Å². The number of nitrogens with zero attached hydrogens (tertiary/aromatic N) is 2. The fraction of sp³-hybridized carbons (Fsp3) is 0.316. The Bertz CT molecular complexity index is 853. The Balaban J connectivity index is 1.87. The van der Waals surface area contributed by atoms with Crippen molar-refractivity contribution in [2.45, 2.75) is 32.0 Å². The Hall–Kier alpha value is -3.13. The predicted molar refractivity (Wildman–Crippen MR) is 99.6 cm³/mol. The zero-order chi connectivity index (χ0) is 19.4. The van der Waals surface area contributed by atoms with Crippen LogP contribution in [0.4, 0.5) is 0 Å². The lowest BCUT2D eigenvalue weighted by molar-refractivity contribution is 0.0773. The van der Waals surface area contributed by atoms with Crippen LogP contribution >= 0.6 is 0 Å². The van der Waals surface area contributed by atoms with Crippen molar-refractivity contribution in [3.8, 4) is 11.5 Å². The molecule has 0 spiro atoms. The lowest BCUT2D eigenvalue weighted by Gasteiger charge is -2.32. The number of carbonyl (C=O) groups is 1. The fourth-order valence-electron chi connectivity index (χ4n) is 2.97. The third-order valence-electron chi connectivity index (χ3n) is 4.62. The molecule has 142 valence electrons. The number of aromatic hydroxyl groups is 1. The monoisotopic (exact) mass is 370 g/mol. The number of aryl methyl sites for hydroxylation is 1. The number of amides is 1. The van der Waals surface area contributed by atoms with Gasteiger partial charge in [0.15, 0.2) is 29.3 Å². The van der Waals surface area contributed by atoms with E-state index in [4.69, 9.17) is 9.57 Å². The number of methoxy groups -OCH3 is 1. The first-order chi connectivity index (χ1) is 13.0. The highest BCUT2D eigenvalue weighted by Gasteiger charge is 2.42. The summed E-state index contributed by atoms with van der Waals surface area (Å²) in [6, 6.07) is 8.88. The standard InChI is InChI=1S/C19H22N4O4/c1-4-13-5-7-14(8-6-13)19(21-11-27-23-19)12(2)22-18(25)16-17(24)15(26-3)9-10-20-16/h5-12,23-24H,4H2,1-3H3,(H,22,25)/t12-,19?/m0/s1. The maximum atomic E-state index is 12.7. The van der Waals surface area contributed by atoms with E-state index in [0.717, 1.165) is 12.0 Å². The smallest absolute Gasteiger partial charge is 0.274 e. The minimum atomic E-state index is -0.990. The van der Waals surface area contributed by atoms with Crippen molar-refractivity contribution in [1.29, 1.82) is 0 Å². The van der Waals surface area contributed by atoms with E-state index in [-0.39, 0.29) is 17.2 Å². The highest BCUT2D eigenvalue weighted by atomic mass is 16.7. The highest BCUT2D eigenvalue weighted by molar-refractivity contribution is 5.95. The number of hydroxylamine groups is 1. The molecule has 0 saturated carbocycles. The number of rotatable bonds is 6. The van der Waals surface area contributed by atoms with Crippen molar-refractivity contribution in [1.82, 2.24) is 15.8 Å². The lowest BCUT2D eigenvalue weighted by Crippen LogP contribution is -2.53. The largest absolute Gasteiger partial charge is 0.503 e. The third-order valence-corrected chi connectivity index (χ3v) is 4.62. The molecule has 8 nitrogen and oxygen atoms in total. The molecule has 1 unspecified atom stereocenters. The van der Waals surface area contributed by atoms with Gasteiger partial charge in [0, 0.05) is 12.3 Å². The maximum Gasteiger partial charge on any atom is 0.274 e. The Morgan fingerprint density at radius 3 is 2.70 bits per heavy atom. The molecule has 2 aromatic rings. The van der Waals surface area contributed by atoms with Gasteiger partial charge in [-0.05, 0) is 24.5 Å². The van der Waals surface area contributed by atoms with Crippen LogP contribution in [-0.2, 0) is 16.9 Å². The molecule has 1 aromatic carbocycles. The molecule has 0 saturated heterocycles. The van der Waals surface area contributed by atoms with E-state index in [9.17, 15) is 9.90 Å². The average Bonchev–Trinajstić information content (AvgIpc) is 3.19. The normalized spacial score (nSPS) is 19.4. The zero-order valence-corrected chi connectivity index (χ0v) is 15.4. The first-order valence-electron chi connectivity index (χ1n) is 8.60. The van der Waals surface area contributed by atoms with Crippen LogP contribution < -0.4 is 15.5 Å². The Labute approximate surface area is 157 Å². The molecule has 3 N–H and O–H groups in total. The number of nitrogens with one attached hydrogen (secondary N) is 2. The molecule has 1 amide bonds. The predicted octanol–water partition coefficient (Wildman–Crippen LogP) is 1.89. The van der Waals surface area contributed by atoms with Gasteiger partial charge in [-0.2, -0.15) is 0 Å². The molecule has 0 fully saturated rings. The van der Waals surface area contributed by atoms with Crippen LogP contribution in [0.15, 0.2) is 41.5 Å². The van der Waals surface area contributed by atoms with E-state index >= 15 is 0 Å². The van der Waals surface area contributed by atoms with E-state index in [1.807, 2.05) is 24.3 Å². The van der Waals surface area contributed by atoms with E-state index in [0.29, 0.717) is 0 Å². The molecule has 27 heavy (non-hydrogen) atoms. The average molecular weight is 370 g/mol. The number of benzene rings is 1. The zero-order valence-electron chi connectivity index (χ0n) is 15.4. The second kappa shape index (κ2) is 7.63.